The number of nitrogens with zero attached hydrogens (tertiary/aromatic N) is 1. The molecule has 2 aromatic rings. The molecule has 30 heavy (non-hydrogen) atoms. The van der Waals surface area contributed by atoms with Gasteiger partial charge in [-0.1, -0.05) is 12.1 Å². The second-order valence-corrected chi connectivity index (χ2v) is 6.13. The zero-order chi connectivity index (χ0) is 22.1. The van der Waals surface area contributed by atoms with Gasteiger partial charge in [-0.25, -0.2) is 4.99 Å². The number of ether oxygens (including phenoxy) is 2. The summed E-state index contributed by atoms with van der Waals surface area (Å²) in [5, 5.41) is 2.13. The van der Waals surface area contributed by atoms with Crippen molar-refractivity contribution >= 4 is 17.5 Å². The summed E-state index contributed by atoms with van der Waals surface area (Å²) in [6, 6.07) is 6.51. The molecule has 1 aliphatic rings. The minimum absolute atomic E-state index is 0.0415. The molecule has 3 rings (SSSR count). The highest BCUT2D eigenvalue weighted by Crippen LogP contribution is 2.42. The first-order valence-corrected chi connectivity index (χ1v) is 8.47. The van der Waals surface area contributed by atoms with Crippen molar-refractivity contribution in [2.24, 2.45) is 4.99 Å². The fourth-order valence-corrected chi connectivity index (χ4v) is 2.89. The van der Waals surface area contributed by atoms with Crippen LogP contribution in [-0.2, 0) is 17.1 Å². The van der Waals surface area contributed by atoms with Gasteiger partial charge in [0.05, 0.1) is 41.6 Å². The number of amides is 1. The highest BCUT2D eigenvalue weighted by atomic mass is 19.4. The van der Waals surface area contributed by atoms with Crippen molar-refractivity contribution in [1.29, 1.82) is 0 Å². The molecule has 1 amide bonds. The summed E-state index contributed by atoms with van der Waals surface area (Å²) in [5.74, 6) is -2.13. The fourth-order valence-electron chi connectivity index (χ4n) is 2.89. The molecule has 160 valence electrons. The number of anilines is 1. The first-order chi connectivity index (χ1) is 14.0. The van der Waals surface area contributed by atoms with E-state index in [0.29, 0.717) is 18.7 Å². The molecule has 0 unspecified atom stereocenters. The van der Waals surface area contributed by atoms with Gasteiger partial charge < -0.3 is 14.8 Å². The van der Waals surface area contributed by atoms with E-state index in [0.717, 1.165) is 7.11 Å². The largest absolute Gasteiger partial charge is 0.497 e. The molecule has 1 heterocycles. The molecule has 0 saturated heterocycles. The van der Waals surface area contributed by atoms with Gasteiger partial charge in [-0.15, -0.1) is 0 Å². The topological polar surface area (TPSA) is 59.9 Å². The Labute approximate surface area is 166 Å². The highest BCUT2D eigenvalue weighted by molar-refractivity contribution is 6.10. The van der Waals surface area contributed by atoms with Crippen LogP contribution < -0.4 is 10.1 Å². The normalized spacial score (nSPS) is 14.2. The first-order valence-electron chi connectivity index (χ1n) is 8.47. The molecule has 1 aliphatic heterocycles. The van der Waals surface area contributed by atoms with Gasteiger partial charge in [-0.3, -0.25) is 4.79 Å². The van der Waals surface area contributed by atoms with Crippen LogP contribution in [0.3, 0.4) is 0 Å². The molecular weight excluding hydrogens is 418 g/mol. The molecule has 2 aromatic carbocycles. The van der Waals surface area contributed by atoms with Crippen LogP contribution in [-0.4, -0.2) is 32.1 Å². The molecule has 11 heteroatoms. The van der Waals surface area contributed by atoms with E-state index in [1.54, 1.807) is 6.07 Å². The number of methoxy groups -OCH3 is 1. The molecule has 0 bridgehead atoms. The predicted molar refractivity (Wildman–Crippen MR) is 94.7 cm³/mol. The summed E-state index contributed by atoms with van der Waals surface area (Å²) < 4.78 is 90.9. The van der Waals surface area contributed by atoms with E-state index < -0.39 is 40.7 Å². The first kappa shape index (κ1) is 21.5. The number of carbonyl (C=O) groups is 1. The van der Waals surface area contributed by atoms with Crippen molar-refractivity contribution in [3.8, 4) is 5.75 Å². The highest BCUT2D eigenvalue weighted by Gasteiger charge is 2.44. The minimum atomic E-state index is -5.24. The van der Waals surface area contributed by atoms with Gasteiger partial charge in [0.15, 0.2) is 0 Å². The fraction of sp³-hybridized carbons (Fsp3) is 0.263. The molecule has 0 radical (unpaired) electrons. The van der Waals surface area contributed by atoms with Gasteiger partial charge in [0, 0.05) is 0 Å². The maximum Gasteiger partial charge on any atom is 0.417 e. The minimum Gasteiger partial charge on any atom is -0.497 e. The predicted octanol–water partition coefficient (Wildman–Crippen LogP) is 4.76. The van der Waals surface area contributed by atoms with Crippen LogP contribution in [0.5, 0.6) is 5.75 Å². The van der Waals surface area contributed by atoms with Crippen LogP contribution in [0.25, 0.3) is 0 Å². The number of nitrogens with one attached hydrogen (secondary N) is 1. The van der Waals surface area contributed by atoms with E-state index in [-0.39, 0.29) is 23.8 Å². The van der Waals surface area contributed by atoms with Gasteiger partial charge in [-0.05, 0) is 24.3 Å². The number of hydrogen-bond donors (Lipinski definition) is 1. The number of benzene rings is 2. The molecule has 1 N–H and O–H groups in total. The summed E-state index contributed by atoms with van der Waals surface area (Å²) >= 11 is 0. The zero-order valence-electron chi connectivity index (χ0n) is 15.3. The average molecular weight is 432 g/mol. The van der Waals surface area contributed by atoms with E-state index >= 15 is 0 Å². The van der Waals surface area contributed by atoms with E-state index in [1.807, 2.05) is 0 Å². The zero-order valence-corrected chi connectivity index (χ0v) is 15.3. The molecule has 0 aromatic heterocycles. The Hall–Kier alpha value is -3.24. The molecule has 0 spiro atoms. The lowest BCUT2D eigenvalue weighted by molar-refractivity contribution is -0.143. The second-order valence-electron chi connectivity index (χ2n) is 6.13. The van der Waals surface area contributed by atoms with E-state index in [2.05, 4.69) is 15.0 Å². The maximum absolute atomic E-state index is 13.5. The number of alkyl halides is 6. The molecule has 0 fully saturated rings. The molecule has 0 aliphatic carbocycles. The van der Waals surface area contributed by atoms with Crippen LogP contribution in [0.2, 0.25) is 0 Å². The van der Waals surface area contributed by atoms with E-state index in [9.17, 15) is 31.1 Å². The van der Waals surface area contributed by atoms with Crippen LogP contribution in [0, 0.1) is 0 Å². The van der Waals surface area contributed by atoms with E-state index in [4.69, 9.17) is 4.74 Å². The third-order valence-electron chi connectivity index (χ3n) is 4.18. The molecule has 5 nitrogen and oxygen atoms in total. The summed E-state index contributed by atoms with van der Waals surface area (Å²) in [4.78, 5) is 16.7. The quantitative estimate of drug-likeness (QED) is 0.709. The standard InChI is InChI=1S/C19H14F6N2O3/c1-29-10-8-12(18(20,21)22)15(13(9-10)19(23,24)25)16(28)27-14-5-3-2-4-11(14)17-26-6-7-30-17/h2-5,8-9H,6-7H2,1H3,(H,27,28). The summed E-state index contributed by atoms with van der Waals surface area (Å²) in [7, 11) is 0.925. The van der Waals surface area contributed by atoms with Crippen molar-refractivity contribution in [3.63, 3.8) is 0 Å². The lowest BCUT2D eigenvalue weighted by Crippen LogP contribution is -2.25. The maximum atomic E-state index is 13.5. The molecular formula is C19H14F6N2O3. The number of carbonyl (C=O) groups excluding carboxylic acids is 1. The summed E-state index contributed by atoms with van der Waals surface area (Å²) in [6.07, 6.45) is -10.5. The summed E-state index contributed by atoms with van der Waals surface area (Å²) in [6.45, 7) is 0.610. The molecule has 0 saturated carbocycles. The third-order valence-corrected chi connectivity index (χ3v) is 4.18. The smallest absolute Gasteiger partial charge is 0.417 e. The Kier molecular flexibility index (Phi) is 5.64. The van der Waals surface area contributed by atoms with Gasteiger partial charge >= 0.3 is 12.4 Å². The lowest BCUT2D eigenvalue weighted by Gasteiger charge is -2.20. The second kappa shape index (κ2) is 7.88. The SMILES string of the molecule is COc1cc(C(F)(F)F)c(C(=O)Nc2ccccc2C2=NCCO2)c(C(F)(F)F)c1. The van der Waals surface area contributed by atoms with Gasteiger partial charge in [0.2, 0.25) is 5.90 Å². The van der Waals surface area contributed by atoms with Crippen molar-refractivity contribution in [2.45, 2.75) is 12.4 Å². The molecule has 0 atom stereocenters. The Balaban J connectivity index is 2.13. The summed E-state index contributed by atoms with van der Waals surface area (Å²) in [5.41, 5.74) is -4.89. The lowest BCUT2D eigenvalue weighted by atomic mass is 9.98. The Morgan fingerprint density at radius 1 is 1.07 bits per heavy atom. The van der Waals surface area contributed by atoms with Gasteiger partial charge in [-0.2, -0.15) is 26.3 Å². The van der Waals surface area contributed by atoms with Crippen LogP contribution in [0.1, 0.15) is 27.0 Å². The number of para-hydroxylation sites is 1. The number of aliphatic imine (C=N–C) groups is 1. The Morgan fingerprint density at radius 2 is 1.67 bits per heavy atom. The van der Waals surface area contributed by atoms with Crippen molar-refractivity contribution in [3.05, 3.63) is 58.7 Å². The van der Waals surface area contributed by atoms with Crippen LogP contribution in [0.15, 0.2) is 41.4 Å². The van der Waals surface area contributed by atoms with Crippen LogP contribution >= 0.6 is 0 Å². The number of halogens is 6. The van der Waals surface area contributed by atoms with Crippen LogP contribution in [0.4, 0.5) is 32.0 Å². The average Bonchev–Trinajstić information content (AvgIpc) is 3.20. The van der Waals surface area contributed by atoms with Crippen molar-refractivity contribution in [2.75, 3.05) is 25.6 Å². The number of hydrogen-bond acceptors (Lipinski definition) is 4. The monoisotopic (exact) mass is 432 g/mol. The third kappa shape index (κ3) is 4.34. The number of rotatable bonds is 4. The van der Waals surface area contributed by atoms with Crippen molar-refractivity contribution < 1.29 is 40.6 Å². The van der Waals surface area contributed by atoms with Gasteiger partial charge in [0.1, 0.15) is 12.4 Å². The van der Waals surface area contributed by atoms with Crippen molar-refractivity contribution in [1.82, 2.24) is 0 Å². The van der Waals surface area contributed by atoms with Gasteiger partial charge in [0.25, 0.3) is 5.91 Å². The Bertz CT molecular complexity index is 963. The Morgan fingerprint density at radius 3 is 2.17 bits per heavy atom. The van der Waals surface area contributed by atoms with E-state index in [1.165, 1.54) is 18.2 Å².